The number of carbonyl (C=O) groups excluding carboxylic acids is 1. The molecule has 0 saturated heterocycles. The fourth-order valence-corrected chi connectivity index (χ4v) is 0.472. The van der Waals surface area contributed by atoms with E-state index in [0.717, 1.165) is 0 Å². The van der Waals surface area contributed by atoms with E-state index in [-0.39, 0.29) is 0 Å². The Balaban J connectivity index is 3.83. The maximum atomic E-state index is 10.9. The van der Waals surface area contributed by atoms with E-state index in [1.54, 1.807) is 26.0 Å². The Bertz CT molecular complexity index is 185. The van der Waals surface area contributed by atoms with Gasteiger partial charge in [-0.15, -0.1) is 6.58 Å². The molecule has 0 aliphatic carbocycles. The van der Waals surface area contributed by atoms with E-state index >= 15 is 0 Å². The van der Waals surface area contributed by atoms with Crippen molar-refractivity contribution >= 4 is 6.09 Å². The zero-order chi connectivity index (χ0) is 9.61. The Morgan fingerprint density at radius 2 is 2.17 bits per heavy atom. The predicted molar refractivity (Wildman–Crippen MR) is 49.0 cm³/mol. The lowest BCUT2D eigenvalue weighted by Crippen LogP contribution is -2.33. The zero-order valence-corrected chi connectivity index (χ0v) is 7.59. The molecule has 0 unspecified atom stereocenters. The van der Waals surface area contributed by atoms with Crippen LogP contribution in [0.25, 0.3) is 0 Å². The maximum Gasteiger partial charge on any atom is 0.408 e. The van der Waals surface area contributed by atoms with E-state index < -0.39 is 11.7 Å². The summed E-state index contributed by atoms with van der Waals surface area (Å²) in [6, 6.07) is 0. The summed E-state index contributed by atoms with van der Waals surface area (Å²) in [6.45, 7) is 10.9. The van der Waals surface area contributed by atoms with Gasteiger partial charge in [-0.3, -0.25) is 0 Å². The molecule has 0 radical (unpaired) electrons. The van der Waals surface area contributed by atoms with Crippen molar-refractivity contribution in [1.29, 1.82) is 0 Å². The van der Waals surface area contributed by atoms with Gasteiger partial charge in [0.15, 0.2) is 0 Å². The summed E-state index contributed by atoms with van der Waals surface area (Å²) in [5.74, 6) is 0. The monoisotopic (exact) mass is 169 g/mol. The molecule has 0 aliphatic rings. The molecule has 0 bridgehead atoms. The molecule has 0 atom stereocenters. The van der Waals surface area contributed by atoms with Crippen LogP contribution in [-0.4, -0.2) is 18.2 Å². The van der Waals surface area contributed by atoms with Crippen molar-refractivity contribution in [2.24, 2.45) is 0 Å². The summed E-state index contributed by atoms with van der Waals surface area (Å²) >= 11 is 0. The minimum absolute atomic E-state index is 0.409. The average Bonchev–Trinajstić information content (AvgIpc) is 2.00. The number of ether oxygens (including phenoxy) is 1. The molecule has 0 aromatic heterocycles. The molecular weight excluding hydrogens is 154 g/mol. The quantitative estimate of drug-likeness (QED) is 0.652. The number of amides is 1. The van der Waals surface area contributed by atoms with Crippen molar-refractivity contribution in [3.63, 3.8) is 0 Å². The maximum absolute atomic E-state index is 10.9. The van der Waals surface area contributed by atoms with Gasteiger partial charge in [0.25, 0.3) is 0 Å². The molecule has 3 heteroatoms. The highest BCUT2D eigenvalue weighted by molar-refractivity contribution is 5.68. The van der Waals surface area contributed by atoms with Gasteiger partial charge in [0.1, 0.15) is 5.60 Å². The molecule has 0 heterocycles. The molecule has 1 amide bonds. The van der Waals surface area contributed by atoms with E-state index in [9.17, 15) is 4.79 Å². The summed E-state index contributed by atoms with van der Waals surface area (Å²) in [5.41, 5.74) is -0.620. The lowest BCUT2D eigenvalue weighted by atomic mass is 10.1. The number of rotatable bonds is 4. The van der Waals surface area contributed by atoms with Crippen LogP contribution in [0.3, 0.4) is 0 Å². The molecule has 0 aliphatic heterocycles. The largest absolute Gasteiger partial charge is 0.439 e. The highest BCUT2D eigenvalue weighted by Crippen LogP contribution is 2.09. The second kappa shape index (κ2) is 4.59. The van der Waals surface area contributed by atoms with Gasteiger partial charge in [-0.05, 0) is 19.9 Å². The number of hydrogen-bond acceptors (Lipinski definition) is 2. The second-order valence-electron chi connectivity index (χ2n) is 2.87. The molecule has 12 heavy (non-hydrogen) atoms. The third kappa shape index (κ3) is 4.55. The first-order valence-corrected chi connectivity index (χ1v) is 3.73. The van der Waals surface area contributed by atoms with Crippen LogP contribution in [0.5, 0.6) is 0 Å². The van der Waals surface area contributed by atoms with Gasteiger partial charge < -0.3 is 10.1 Å². The number of hydrogen-bond donors (Lipinski definition) is 1. The summed E-state index contributed by atoms with van der Waals surface area (Å²) in [6.07, 6.45) is 2.70. The molecule has 0 aromatic carbocycles. The average molecular weight is 169 g/mol. The molecule has 0 saturated carbocycles. The van der Waals surface area contributed by atoms with Crippen LogP contribution in [0.2, 0.25) is 0 Å². The van der Waals surface area contributed by atoms with Gasteiger partial charge in [-0.25, -0.2) is 4.79 Å². The zero-order valence-electron chi connectivity index (χ0n) is 7.59. The Morgan fingerprint density at radius 3 is 2.58 bits per heavy atom. The smallest absolute Gasteiger partial charge is 0.408 e. The molecule has 68 valence electrons. The molecule has 3 nitrogen and oxygen atoms in total. The van der Waals surface area contributed by atoms with E-state index in [0.29, 0.717) is 6.54 Å². The molecule has 1 N–H and O–H groups in total. The molecule has 0 aromatic rings. The minimum Gasteiger partial charge on any atom is -0.439 e. The fourth-order valence-electron chi connectivity index (χ4n) is 0.472. The van der Waals surface area contributed by atoms with Gasteiger partial charge in [-0.2, -0.15) is 0 Å². The van der Waals surface area contributed by atoms with E-state index in [1.807, 2.05) is 0 Å². The van der Waals surface area contributed by atoms with Gasteiger partial charge in [-0.1, -0.05) is 12.7 Å². The number of carbonyl (C=O) groups is 1. The third-order valence-corrected chi connectivity index (χ3v) is 1.24. The molecular formula is C9H15NO2. The highest BCUT2D eigenvalue weighted by Gasteiger charge is 2.17. The van der Waals surface area contributed by atoms with Crippen molar-refractivity contribution in [2.45, 2.75) is 19.4 Å². The second-order valence-corrected chi connectivity index (χ2v) is 2.87. The normalized spacial score (nSPS) is 10.2. The van der Waals surface area contributed by atoms with Crippen molar-refractivity contribution < 1.29 is 9.53 Å². The summed E-state index contributed by atoms with van der Waals surface area (Å²) in [5, 5.41) is 2.50. The minimum atomic E-state index is -0.620. The van der Waals surface area contributed by atoms with E-state index in [1.165, 1.54) is 0 Å². The van der Waals surface area contributed by atoms with Crippen LogP contribution in [0, 0.1) is 0 Å². The van der Waals surface area contributed by atoms with Crippen LogP contribution in [0.15, 0.2) is 25.3 Å². The fraction of sp³-hybridized carbons (Fsp3) is 0.444. The SMILES string of the molecule is C=CCNC(=O)OC(C)(C)C=C. The van der Waals surface area contributed by atoms with Crippen LogP contribution in [0.4, 0.5) is 4.79 Å². The van der Waals surface area contributed by atoms with Gasteiger partial charge >= 0.3 is 6.09 Å². The first kappa shape index (κ1) is 10.8. The Labute approximate surface area is 73.1 Å². The van der Waals surface area contributed by atoms with Crippen LogP contribution in [0.1, 0.15) is 13.8 Å². The Hall–Kier alpha value is -1.25. The van der Waals surface area contributed by atoms with Crippen LogP contribution >= 0.6 is 0 Å². The highest BCUT2D eigenvalue weighted by atomic mass is 16.6. The molecule has 0 rings (SSSR count). The lowest BCUT2D eigenvalue weighted by molar-refractivity contribution is 0.0731. The molecule has 0 fully saturated rings. The third-order valence-electron chi connectivity index (χ3n) is 1.24. The first-order valence-electron chi connectivity index (χ1n) is 3.73. The van der Waals surface area contributed by atoms with E-state index in [2.05, 4.69) is 18.5 Å². The predicted octanol–water partition coefficient (Wildman–Crippen LogP) is 1.86. The first-order chi connectivity index (χ1) is 5.52. The number of alkyl carbamates (subject to hydrolysis) is 1. The molecule has 0 spiro atoms. The van der Waals surface area contributed by atoms with Crippen molar-refractivity contribution in [3.8, 4) is 0 Å². The summed E-state index contributed by atoms with van der Waals surface area (Å²) in [4.78, 5) is 10.9. The lowest BCUT2D eigenvalue weighted by Gasteiger charge is -2.20. The van der Waals surface area contributed by atoms with E-state index in [4.69, 9.17) is 4.74 Å². The van der Waals surface area contributed by atoms with Crippen molar-refractivity contribution in [3.05, 3.63) is 25.3 Å². The summed E-state index contributed by atoms with van der Waals surface area (Å²) in [7, 11) is 0. The van der Waals surface area contributed by atoms with Gasteiger partial charge in [0.2, 0.25) is 0 Å². The van der Waals surface area contributed by atoms with Crippen molar-refractivity contribution in [2.75, 3.05) is 6.54 Å². The number of nitrogens with one attached hydrogen (secondary N) is 1. The standard InChI is InChI=1S/C9H15NO2/c1-5-7-10-8(11)12-9(3,4)6-2/h5-6H,1-2,7H2,3-4H3,(H,10,11). The van der Waals surface area contributed by atoms with Crippen LogP contribution < -0.4 is 5.32 Å². The van der Waals surface area contributed by atoms with Gasteiger partial charge in [0.05, 0.1) is 0 Å². The van der Waals surface area contributed by atoms with Gasteiger partial charge in [0, 0.05) is 6.54 Å². The van der Waals surface area contributed by atoms with Crippen molar-refractivity contribution in [1.82, 2.24) is 5.32 Å². The topological polar surface area (TPSA) is 38.3 Å². The Morgan fingerprint density at radius 1 is 1.58 bits per heavy atom. The van der Waals surface area contributed by atoms with Crippen LogP contribution in [-0.2, 0) is 4.74 Å². The summed E-state index contributed by atoms with van der Waals surface area (Å²) < 4.78 is 4.97. The Kier molecular flexibility index (Phi) is 4.11.